The molecule has 0 aliphatic rings. The van der Waals surface area contributed by atoms with E-state index in [1.807, 2.05) is 80.6 Å². The lowest BCUT2D eigenvalue weighted by Gasteiger charge is -2.09. The van der Waals surface area contributed by atoms with Gasteiger partial charge in [-0.05, 0) is 31.5 Å². The summed E-state index contributed by atoms with van der Waals surface area (Å²) in [5, 5.41) is 17.9. The van der Waals surface area contributed by atoms with E-state index in [9.17, 15) is 4.79 Å². The van der Waals surface area contributed by atoms with Crippen molar-refractivity contribution in [3.8, 4) is 16.9 Å². The van der Waals surface area contributed by atoms with Crippen molar-refractivity contribution in [3.63, 3.8) is 0 Å². The van der Waals surface area contributed by atoms with Crippen LogP contribution < -0.4 is 5.32 Å². The Bertz CT molecular complexity index is 1410. The molecule has 0 saturated heterocycles. The lowest BCUT2D eigenvalue weighted by molar-refractivity contribution is 0.102. The van der Waals surface area contributed by atoms with Gasteiger partial charge in [0.25, 0.3) is 5.91 Å². The van der Waals surface area contributed by atoms with Crippen LogP contribution in [0.3, 0.4) is 0 Å². The summed E-state index contributed by atoms with van der Waals surface area (Å²) in [7, 11) is 0. The summed E-state index contributed by atoms with van der Waals surface area (Å²) in [6.07, 6.45) is 0.772. The molecule has 5 rings (SSSR count). The van der Waals surface area contributed by atoms with Crippen LogP contribution >= 0.6 is 11.3 Å². The first-order valence-corrected chi connectivity index (χ1v) is 11.1. The summed E-state index contributed by atoms with van der Waals surface area (Å²) in [5.41, 5.74) is 4.37. The summed E-state index contributed by atoms with van der Waals surface area (Å²) in [6.45, 7) is 3.90. The molecule has 5 aromatic rings. The number of carbonyl (C=O) groups is 1. The molecule has 8 heteroatoms. The van der Waals surface area contributed by atoms with Crippen LogP contribution in [0.4, 0.5) is 5.13 Å². The number of nitrogens with one attached hydrogen (secondary N) is 1. The van der Waals surface area contributed by atoms with Crippen molar-refractivity contribution in [1.82, 2.24) is 25.0 Å². The molecule has 0 bridgehead atoms. The highest BCUT2D eigenvalue weighted by molar-refractivity contribution is 7.15. The monoisotopic (exact) mass is 440 g/mol. The second kappa shape index (κ2) is 8.32. The molecule has 0 aliphatic carbocycles. The van der Waals surface area contributed by atoms with Crippen molar-refractivity contribution >= 4 is 33.4 Å². The van der Waals surface area contributed by atoms with Gasteiger partial charge in [0, 0.05) is 5.56 Å². The van der Waals surface area contributed by atoms with Gasteiger partial charge < -0.3 is 0 Å². The average Bonchev–Trinajstić information content (AvgIpc) is 3.43. The summed E-state index contributed by atoms with van der Waals surface area (Å²) in [5.74, 6) is -0.260. The molecule has 32 heavy (non-hydrogen) atoms. The van der Waals surface area contributed by atoms with Crippen LogP contribution in [0, 0.1) is 6.92 Å². The number of aromatic nitrogens is 5. The minimum atomic E-state index is -0.260. The molecular weight excluding hydrogens is 420 g/mol. The number of para-hydroxylation sites is 1. The summed E-state index contributed by atoms with van der Waals surface area (Å²) in [4.78, 5) is 18.3. The first-order valence-electron chi connectivity index (χ1n) is 10.3. The maximum Gasteiger partial charge on any atom is 0.258 e. The van der Waals surface area contributed by atoms with Gasteiger partial charge in [-0.25, -0.2) is 9.67 Å². The van der Waals surface area contributed by atoms with Gasteiger partial charge in [0.1, 0.15) is 5.01 Å². The van der Waals surface area contributed by atoms with Crippen LogP contribution in [-0.4, -0.2) is 30.9 Å². The fourth-order valence-corrected chi connectivity index (χ4v) is 4.26. The third-order valence-electron chi connectivity index (χ3n) is 5.12. The van der Waals surface area contributed by atoms with E-state index in [1.165, 1.54) is 11.3 Å². The molecule has 1 amide bonds. The number of rotatable bonds is 5. The molecule has 158 valence electrons. The number of hydrogen-bond acceptors (Lipinski definition) is 6. The number of nitrogens with zero attached hydrogens (tertiary/aromatic N) is 5. The Hall–Kier alpha value is -3.91. The molecule has 7 nitrogen and oxygen atoms in total. The van der Waals surface area contributed by atoms with Crippen molar-refractivity contribution in [3.05, 3.63) is 83.0 Å². The highest BCUT2D eigenvalue weighted by atomic mass is 32.1. The number of aryl methyl sites for hydroxylation is 2. The molecule has 2 aromatic carbocycles. The lowest BCUT2D eigenvalue weighted by atomic mass is 10.0. The fraction of sp³-hybridized carbons (Fsp3) is 0.125. The smallest absolute Gasteiger partial charge is 0.258 e. The Balaban J connectivity index is 1.70. The van der Waals surface area contributed by atoms with Gasteiger partial charge in [0.05, 0.1) is 28.0 Å². The number of carbonyl (C=O) groups excluding carboxylic acids is 1. The predicted octanol–water partition coefficient (Wildman–Crippen LogP) is 5.06. The zero-order chi connectivity index (χ0) is 22.1. The second-order valence-electron chi connectivity index (χ2n) is 7.26. The number of fused-ring (bicyclic) bond motifs is 1. The Labute approximate surface area is 188 Å². The van der Waals surface area contributed by atoms with Crippen LogP contribution in [0.25, 0.3) is 28.0 Å². The first-order chi connectivity index (χ1) is 15.6. The molecular formula is C24H20N6OS. The van der Waals surface area contributed by atoms with Gasteiger partial charge in [-0.2, -0.15) is 5.10 Å². The Morgan fingerprint density at radius 1 is 1.03 bits per heavy atom. The van der Waals surface area contributed by atoms with Crippen molar-refractivity contribution in [2.45, 2.75) is 20.3 Å². The standard InChI is InChI=1S/C24H20N6OS/c1-3-20-27-28-24(32-20)26-23(31)18-14-19(16-10-6-4-7-11-16)25-22-21(18)15(2)29-30(22)17-12-8-5-9-13-17/h4-14H,3H2,1-2H3,(H,26,28,31). The molecule has 0 saturated carbocycles. The molecule has 3 aromatic heterocycles. The average molecular weight is 441 g/mol. The number of amides is 1. The summed E-state index contributed by atoms with van der Waals surface area (Å²) >= 11 is 1.38. The highest BCUT2D eigenvalue weighted by Gasteiger charge is 2.21. The molecule has 0 atom stereocenters. The van der Waals surface area contributed by atoms with Gasteiger partial charge in [0.2, 0.25) is 5.13 Å². The SMILES string of the molecule is CCc1nnc(NC(=O)c2cc(-c3ccccc3)nc3c2c(C)nn3-c2ccccc2)s1. The number of anilines is 1. The minimum Gasteiger partial charge on any atom is -0.296 e. The normalized spacial score (nSPS) is 11.1. The topological polar surface area (TPSA) is 85.6 Å². The third-order valence-corrected chi connectivity index (χ3v) is 6.10. The molecule has 0 unspecified atom stereocenters. The van der Waals surface area contributed by atoms with Gasteiger partial charge in [-0.1, -0.05) is 66.8 Å². The zero-order valence-electron chi connectivity index (χ0n) is 17.6. The Morgan fingerprint density at radius 3 is 2.44 bits per heavy atom. The minimum absolute atomic E-state index is 0.260. The van der Waals surface area contributed by atoms with E-state index in [0.29, 0.717) is 27.4 Å². The van der Waals surface area contributed by atoms with E-state index < -0.39 is 0 Å². The highest BCUT2D eigenvalue weighted by Crippen LogP contribution is 2.29. The number of benzene rings is 2. The maximum absolute atomic E-state index is 13.4. The van der Waals surface area contributed by atoms with Gasteiger partial charge in [0.15, 0.2) is 5.65 Å². The van der Waals surface area contributed by atoms with Crippen LogP contribution in [0.2, 0.25) is 0 Å². The van der Waals surface area contributed by atoms with Gasteiger partial charge in [-0.15, -0.1) is 10.2 Å². The molecule has 0 fully saturated rings. The largest absolute Gasteiger partial charge is 0.296 e. The van der Waals surface area contributed by atoms with Gasteiger partial charge in [-0.3, -0.25) is 10.1 Å². The van der Waals surface area contributed by atoms with Crippen molar-refractivity contribution in [2.24, 2.45) is 0 Å². The maximum atomic E-state index is 13.4. The van der Waals surface area contributed by atoms with Crippen LogP contribution in [-0.2, 0) is 6.42 Å². The first kappa shape index (κ1) is 20.0. The molecule has 0 radical (unpaired) electrons. The van der Waals surface area contributed by atoms with Crippen LogP contribution in [0.15, 0.2) is 66.7 Å². The number of hydrogen-bond donors (Lipinski definition) is 1. The van der Waals surface area contributed by atoms with Crippen molar-refractivity contribution < 1.29 is 4.79 Å². The van der Waals surface area contributed by atoms with E-state index in [1.54, 1.807) is 4.68 Å². The van der Waals surface area contributed by atoms with Gasteiger partial charge >= 0.3 is 0 Å². The summed E-state index contributed by atoms with van der Waals surface area (Å²) < 4.78 is 1.79. The molecule has 1 N–H and O–H groups in total. The van der Waals surface area contributed by atoms with E-state index in [2.05, 4.69) is 15.5 Å². The summed E-state index contributed by atoms with van der Waals surface area (Å²) in [6, 6.07) is 21.4. The Kier molecular flexibility index (Phi) is 5.20. The van der Waals surface area contributed by atoms with Crippen molar-refractivity contribution in [1.29, 1.82) is 0 Å². The lowest BCUT2D eigenvalue weighted by Crippen LogP contribution is -2.13. The zero-order valence-corrected chi connectivity index (χ0v) is 18.4. The van der Waals surface area contributed by atoms with Crippen LogP contribution in [0.1, 0.15) is 28.0 Å². The molecule has 0 aliphatic heterocycles. The second-order valence-corrected chi connectivity index (χ2v) is 8.32. The number of pyridine rings is 1. The Morgan fingerprint density at radius 2 is 1.75 bits per heavy atom. The molecule has 3 heterocycles. The fourth-order valence-electron chi connectivity index (χ4n) is 3.59. The third kappa shape index (κ3) is 3.65. The molecule has 0 spiro atoms. The van der Waals surface area contributed by atoms with E-state index in [4.69, 9.17) is 10.1 Å². The van der Waals surface area contributed by atoms with E-state index in [0.717, 1.165) is 28.4 Å². The van der Waals surface area contributed by atoms with E-state index >= 15 is 0 Å². The van der Waals surface area contributed by atoms with Crippen LogP contribution in [0.5, 0.6) is 0 Å². The predicted molar refractivity (Wildman–Crippen MR) is 126 cm³/mol. The quantitative estimate of drug-likeness (QED) is 0.413. The van der Waals surface area contributed by atoms with Crippen molar-refractivity contribution in [2.75, 3.05) is 5.32 Å². The van der Waals surface area contributed by atoms with E-state index in [-0.39, 0.29) is 5.91 Å².